The zero-order valence-corrected chi connectivity index (χ0v) is 46.2. The number of esters is 1. The maximum Gasteiger partial charge on any atom is 0.305 e. The molecule has 0 aliphatic carbocycles. The van der Waals surface area contributed by atoms with E-state index in [0.717, 1.165) is 57.8 Å². The highest BCUT2D eigenvalue weighted by Gasteiger charge is 2.44. The molecule has 0 saturated carbocycles. The minimum atomic E-state index is -1.57. The normalized spacial score (nSPS) is 19.1. The first-order valence-electron chi connectivity index (χ1n) is 30.5. The van der Waals surface area contributed by atoms with Gasteiger partial charge in [0, 0.05) is 12.8 Å². The molecule has 420 valence electrons. The summed E-state index contributed by atoms with van der Waals surface area (Å²) >= 11 is 0. The SMILES string of the molecule is CCCCCCCCC/C=C/C(O)C(COC1OC(CO)C(O)C(O)C1O)NC(=O)CCCCCCCCCCCCCCCCCCCCCCOC(=O)CCCCCCCCCCCCCCCC. The van der Waals surface area contributed by atoms with Crippen LogP contribution in [0.4, 0.5) is 0 Å². The van der Waals surface area contributed by atoms with Gasteiger partial charge < -0.3 is 45.1 Å². The Morgan fingerprint density at radius 2 is 0.887 bits per heavy atom. The lowest BCUT2D eigenvalue weighted by molar-refractivity contribution is -0.302. The molecule has 0 aromatic carbocycles. The fraction of sp³-hybridized carbons (Fsp3) is 0.933. The number of allylic oxidation sites excluding steroid dienone is 1. The Kier molecular flexibility index (Phi) is 48.0. The van der Waals surface area contributed by atoms with Crippen LogP contribution in [0.25, 0.3) is 0 Å². The van der Waals surface area contributed by atoms with Gasteiger partial charge in [0.1, 0.15) is 24.4 Å². The predicted octanol–water partition coefficient (Wildman–Crippen LogP) is 14.0. The summed E-state index contributed by atoms with van der Waals surface area (Å²) in [4.78, 5) is 25.1. The highest BCUT2D eigenvalue weighted by atomic mass is 16.7. The molecule has 1 amide bonds. The summed E-state index contributed by atoms with van der Waals surface area (Å²) in [5.41, 5.74) is 0. The van der Waals surface area contributed by atoms with Gasteiger partial charge in [-0.05, 0) is 32.1 Å². The number of ether oxygens (including phenoxy) is 3. The average molecular weight is 1010 g/mol. The van der Waals surface area contributed by atoms with Crippen LogP contribution in [0.5, 0.6) is 0 Å². The molecule has 6 N–H and O–H groups in total. The van der Waals surface area contributed by atoms with E-state index in [-0.39, 0.29) is 18.5 Å². The van der Waals surface area contributed by atoms with E-state index in [0.29, 0.717) is 19.4 Å². The molecule has 1 aliphatic rings. The van der Waals surface area contributed by atoms with E-state index in [2.05, 4.69) is 19.2 Å². The third-order valence-electron chi connectivity index (χ3n) is 14.7. The van der Waals surface area contributed by atoms with Crippen LogP contribution < -0.4 is 5.32 Å². The molecule has 1 saturated heterocycles. The lowest BCUT2D eigenvalue weighted by Crippen LogP contribution is -2.60. The van der Waals surface area contributed by atoms with E-state index in [1.54, 1.807) is 6.08 Å². The topological polar surface area (TPSA) is 175 Å². The van der Waals surface area contributed by atoms with Gasteiger partial charge in [-0.1, -0.05) is 264 Å². The molecule has 0 spiro atoms. The molecule has 7 atom stereocenters. The second-order valence-corrected chi connectivity index (χ2v) is 21.4. The molecule has 11 nitrogen and oxygen atoms in total. The van der Waals surface area contributed by atoms with Crippen molar-refractivity contribution in [3.8, 4) is 0 Å². The Morgan fingerprint density at radius 1 is 0.507 bits per heavy atom. The van der Waals surface area contributed by atoms with Gasteiger partial charge in [-0.3, -0.25) is 9.59 Å². The second-order valence-electron chi connectivity index (χ2n) is 21.4. The molecular formula is C60H115NO10. The monoisotopic (exact) mass is 1010 g/mol. The number of hydrogen-bond donors (Lipinski definition) is 6. The quantitative estimate of drug-likeness (QED) is 0.0195. The Labute approximate surface area is 436 Å². The van der Waals surface area contributed by atoms with Gasteiger partial charge in [0.05, 0.1) is 32.0 Å². The maximum absolute atomic E-state index is 13.0. The van der Waals surface area contributed by atoms with Crippen molar-refractivity contribution in [1.82, 2.24) is 5.32 Å². The number of amides is 1. The molecule has 1 fully saturated rings. The summed E-state index contributed by atoms with van der Waals surface area (Å²) in [5.74, 6) is -0.185. The summed E-state index contributed by atoms with van der Waals surface area (Å²) in [5, 5.41) is 54.2. The number of aliphatic hydroxyl groups excluding tert-OH is 5. The van der Waals surface area contributed by atoms with Crippen molar-refractivity contribution in [2.75, 3.05) is 19.8 Å². The first-order chi connectivity index (χ1) is 34.7. The fourth-order valence-corrected chi connectivity index (χ4v) is 9.79. The standard InChI is InChI=1S/C60H115NO10/c1-3-5-7-9-11-13-14-15-25-28-32-36-40-44-48-56(65)69-49-45-41-37-33-29-26-23-21-19-17-16-18-20-22-24-27-31-35-39-43-47-55(64)61-52(53(63)46-42-38-34-30-12-10-8-6-4-2)51-70-60-59(68)58(67)57(66)54(50-62)71-60/h42,46,52-54,57-60,62-63,66-68H,3-41,43-45,47-51H2,1-2H3,(H,61,64)/b46-42+. The van der Waals surface area contributed by atoms with E-state index >= 15 is 0 Å². The third kappa shape index (κ3) is 40.4. The number of unbranched alkanes of at least 4 members (excludes halogenated alkanes) is 39. The van der Waals surface area contributed by atoms with Gasteiger partial charge in [-0.25, -0.2) is 0 Å². The number of carbonyl (C=O) groups is 2. The molecule has 0 aromatic heterocycles. The Hall–Kier alpha value is -1.60. The minimum absolute atomic E-state index is 0.000741. The second kappa shape index (κ2) is 50.6. The van der Waals surface area contributed by atoms with E-state index in [1.165, 1.54) is 212 Å². The van der Waals surface area contributed by atoms with Crippen LogP contribution in [0.3, 0.4) is 0 Å². The van der Waals surface area contributed by atoms with E-state index in [4.69, 9.17) is 14.2 Å². The summed E-state index contributed by atoms with van der Waals surface area (Å²) in [6.07, 6.45) is 48.9. The lowest BCUT2D eigenvalue weighted by Gasteiger charge is -2.40. The summed E-state index contributed by atoms with van der Waals surface area (Å²) in [6.45, 7) is 4.33. The zero-order chi connectivity index (χ0) is 51.7. The van der Waals surface area contributed by atoms with Crippen LogP contribution >= 0.6 is 0 Å². The van der Waals surface area contributed by atoms with Crippen LogP contribution in [0.15, 0.2) is 12.2 Å². The van der Waals surface area contributed by atoms with E-state index in [9.17, 15) is 35.1 Å². The van der Waals surface area contributed by atoms with Crippen molar-refractivity contribution in [2.45, 2.75) is 339 Å². The first-order valence-corrected chi connectivity index (χ1v) is 30.5. The van der Waals surface area contributed by atoms with Crippen LogP contribution in [0, 0.1) is 0 Å². The Morgan fingerprint density at radius 3 is 1.31 bits per heavy atom. The van der Waals surface area contributed by atoms with Crippen molar-refractivity contribution in [3.05, 3.63) is 12.2 Å². The van der Waals surface area contributed by atoms with Gasteiger partial charge in [0.25, 0.3) is 0 Å². The predicted molar refractivity (Wildman–Crippen MR) is 292 cm³/mol. The van der Waals surface area contributed by atoms with Crippen molar-refractivity contribution in [2.24, 2.45) is 0 Å². The lowest BCUT2D eigenvalue weighted by atomic mass is 9.99. The third-order valence-corrected chi connectivity index (χ3v) is 14.7. The van der Waals surface area contributed by atoms with Gasteiger partial charge in [-0.15, -0.1) is 0 Å². The van der Waals surface area contributed by atoms with Crippen LogP contribution in [0.2, 0.25) is 0 Å². The summed E-state index contributed by atoms with van der Waals surface area (Å²) in [7, 11) is 0. The van der Waals surface area contributed by atoms with Gasteiger partial charge >= 0.3 is 5.97 Å². The molecule has 71 heavy (non-hydrogen) atoms. The van der Waals surface area contributed by atoms with Crippen molar-refractivity contribution in [3.63, 3.8) is 0 Å². The highest BCUT2D eigenvalue weighted by Crippen LogP contribution is 2.23. The largest absolute Gasteiger partial charge is 0.466 e. The molecule has 0 bridgehead atoms. The number of aliphatic hydroxyl groups is 5. The van der Waals surface area contributed by atoms with Crippen molar-refractivity contribution < 1.29 is 49.3 Å². The molecular weight excluding hydrogens is 895 g/mol. The molecule has 0 radical (unpaired) electrons. The minimum Gasteiger partial charge on any atom is -0.466 e. The molecule has 1 aliphatic heterocycles. The zero-order valence-electron chi connectivity index (χ0n) is 46.2. The number of carbonyl (C=O) groups excluding carboxylic acids is 2. The van der Waals surface area contributed by atoms with Gasteiger partial charge in [0.15, 0.2) is 6.29 Å². The van der Waals surface area contributed by atoms with E-state index in [1.807, 2.05) is 6.08 Å². The summed E-state index contributed by atoms with van der Waals surface area (Å²) < 4.78 is 16.7. The number of nitrogens with one attached hydrogen (secondary N) is 1. The molecule has 7 unspecified atom stereocenters. The number of hydrogen-bond acceptors (Lipinski definition) is 10. The summed E-state index contributed by atoms with van der Waals surface area (Å²) in [6, 6.07) is -0.809. The van der Waals surface area contributed by atoms with Gasteiger partial charge in [-0.2, -0.15) is 0 Å². The highest BCUT2D eigenvalue weighted by molar-refractivity contribution is 5.76. The van der Waals surface area contributed by atoms with Crippen LogP contribution in [0.1, 0.15) is 296 Å². The fourth-order valence-electron chi connectivity index (χ4n) is 9.79. The molecule has 11 heteroatoms. The molecule has 1 rings (SSSR count). The van der Waals surface area contributed by atoms with Crippen LogP contribution in [-0.4, -0.2) is 100 Å². The molecule has 0 aromatic rings. The Bertz CT molecular complexity index is 1190. The number of rotatable bonds is 53. The smallest absolute Gasteiger partial charge is 0.305 e. The van der Waals surface area contributed by atoms with Gasteiger partial charge in [0.2, 0.25) is 5.91 Å². The Balaban J connectivity index is 1.99. The average Bonchev–Trinajstić information content (AvgIpc) is 3.37. The van der Waals surface area contributed by atoms with Crippen molar-refractivity contribution in [1.29, 1.82) is 0 Å². The van der Waals surface area contributed by atoms with E-state index < -0.39 is 49.5 Å². The van der Waals surface area contributed by atoms with Crippen LogP contribution in [-0.2, 0) is 23.8 Å². The first kappa shape index (κ1) is 67.4. The van der Waals surface area contributed by atoms with Crippen molar-refractivity contribution >= 4 is 11.9 Å². The maximum atomic E-state index is 13.0. The molecule has 1 heterocycles.